The summed E-state index contributed by atoms with van der Waals surface area (Å²) in [4.78, 5) is 28.8. The molecule has 0 radical (unpaired) electrons. The second kappa shape index (κ2) is 10.9. The quantitative estimate of drug-likeness (QED) is 0.508. The molecule has 9 nitrogen and oxygen atoms in total. The number of benzene rings is 1. The topological polar surface area (TPSA) is 94.9 Å². The van der Waals surface area contributed by atoms with Crippen molar-refractivity contribution in [1.82, 2.24) is 14.2 Å². The van der Waals surface area contributed by atoms with Gasteiger partial charge in [0.1, 0.15) is 17.6 Å². The average Bonchev–Trinajstić information content (AvgIpc) is 3.43. The van der Waals surface area contributed by atoms with Gasteiger partial charge in [0.2, 0.25) is 5.91 Å². The zero-order valence-electron chi connectivity index (χ0n) is 22.0. The van der Waals surface area contributed by atoms with Crippen LogP contribution < -0.4 is 11.0 Å². The van der Waals surface area contributed by atoms with Crippen LogP contribution in [0.2, 0.25) is 0 Å². The molecule has 1 aliphatic carbocycles. The van der Waals surface area contributed by atoms with Gasteiger partial charge in [0.15, 0.2) is 0 Å². The van der Waals surface area contributed by atoms with Crippen LogP contribution in [0.15, 0.2) is 47.4 Å². The Bertz CT molecular complexity index is 1160. The second-order valence-corrected chi connectivity index (χ2v) is 12.0. The summed E-state index contributed by atoms with van der Waals surface area (Å²) in [6.07, 6.45) is 6.44. The Kier molecular flexibility index (Phi) is 7.80. The molecule has 6 atom stereocenters. The van der Waals surface area contributed by atoms with Gasteiger partial charge in [0.05, 0.1) is 18.2 Å². The molecule has 1 amide bonds. The number of hydrogen-bond donors (Lipinski definition) is 1. The number of nitrogens with zero attached hydrogens (tertiary/aromatic N) is 3. The lowest BCUT2D eigenvalue weighted by molar-refractivity contribution is -0.118. The van der Waals surface area contributed by atoms with Crippen LogP contribution in [0.25, 0.3) is 0 Å². The molecule has 200 valence electrons. The van der Waals surface area contributed by atoms with Gasteiger partial charge >= 0.3 is 5.69 Å². The lowest BCUT2D eigenvalue weighted by atomic mass is 9.76. The van der Waals surface area contributed by atoms with E-state index in [9.17, 15) is 9.59 Å². The number of carbonyl (C=O) groups excluding carboxylic acids is 1. The van der Waals surface area contributed by atoms with Crippen LogP contribution >= 0.6 is 8.53 Å². The first-order valence-corrected chi connectivity index (χ1v) is 14.4. The smallest absolute Gasteiger partial charge is 0.351 e. The molecule has 37 heavy (non-hydrogen) atoms. The number of ether oxygens (including phenoxy) is 1. The van der Waals surface area contributed by atoms with E-state index in [2.05, 4.69) is 53.2 Å². The zero-order valence-corrected chi connectivity index (χ0v) is 22.9. The molecule has 3 heterocycles. The first-order valence-electron chi connectivity index (χ1n) is 13.3. The third kappa shape index (κ3) is 5.12. The van der Waals surface area contributed by atoms with Crippen LogP contribution in [-0.2, 0) is 24.2 Å². The SMILES string of the molecule is CC[C@H]1O[C@@H](n2ccc(NC(=O)C(C)C)nc2=O)CC1O[P@]1O[C@]2(c3ccccc3)CCCC[C@H]2N1C. The summed E-state index contributed by atoms with van der Waals surface area (Å²) < 4.78 is 23.6. The fraction of sp³-hybridized carbons (Fsp3) is 0.593. The summed E-state index contributed by atoms with van der Waals surface area (Å²) in [5.41, 5.74) is 0.406. The highest BCUT2D eigenvalue weighted by molar-refractivity contribution is 7.44. The van der Waals surface area contributed by atoms with Gasteiger partial charge in [0.25, 0.3) is 8.53 Å². The standard InChI is InChI=1S/C27H37N4O5P/c1-5-20-21(17-24(34-20)31-16-14-23(29-26(31)33)28-25(32)18(2)3)35-37-30(4)22-13-9-10-15-27(22,36-37)19-11-7-6-8-12-19/h6-8,11-12,14,16,18,20-22,24H,5,9-10,13,15,17H2,1-4H3,(H,28,29,32,33)/t20-,21?,22-,24-,27+,37-/m1/s1. The average molecular weight is 529 g/mol. The summed E-state index contributed by atoms with van der Waals surface area (Å²) >= 11 is 0. The fourth-order valence-corrected chi connectivity index (χ4v) is 7.58. The van der Waals surface area contributed by atoms with Crippen LogP contribution in [0.3, 0.4) is 0 Å². The first kappa shape index (κ1) is 26.4. The number of fused-ring (bicyclic) bond motifs is 1. The molecule has 2 aromatic rings. The molecule has 2 aliphatic heterocycles. The van der Waals surface area contributed by atoms with Crippen molar-refractivity contribution in [3.05, 3.63) is 58.6 Å². The molecule has 1 aromatic carbocycles. The lowest BCUT2D eigenvalue weighted by Gasteiger charge is -2.38. The van der Waals surface area contributed by atoms with Crippen molar-refractivity contribution in [3.63, 3.8) is 0 Å². The molecule has 1 unspecified atom stereocenters. The molecule has 3 aliphatic rings. The Morgan fingerprint density at radius 1 is 1.27 bits per heavy atom. The third-order valence-corrected chi connectivity index (χ3v) is 9.48. The molecule has 0 spiro atoms. The van der Waals surface area contributed by atoms with Crippen LogP contribution in [0.5, 0.6) is 0 Å². The Hall–Kier alpha value is -2.16. The third-order valence-electron chi connectivity index (χ3n) is 7.75. The number of carbonyl (C=O) groups is 1. The Morgan fingerprint density at radius 2 is 2.05 bits per heavy atom. The summed E-state index contributed by atoms with van der Waals surface area (Å²) in [5.74, 6) is -0.137. The number of amides is 1. The predicted octanol–water partition coefficient (Wildman–Crippen LogP) is 4.95. The number of rotatable bonds is 7. The highest BCUT2D eigenvalue weighted by Crippen LogP contribution is 2.64. The van der Waals surface area contributed by atoms with Crippen LogP contribution in [0.4, 0.5) is 5.82 Å². The second-order valence-electron chi connectivity index (χ2n) is 10.5. The van der Waals surface area contributed by atoms with Crippen molar-refractivity contribution >= 4 is 20.3 Å². The molecule has 5 rings (SSSR count). The number of anilines is 1. The monoisotopic (exact) mass is 528 g/mol. The van der Waals surface area contributed by atoms with E-state index in [4.69, 9.17) is 13.8 Å². The van der Waals surface area contributed by atoms with Gasteiger partial charge in [-0.15, -0.1) is 0 Å². The van der Waals surface area contributed by atoms with Gasteiger partial charge < -0.3 is 19.1 Å². The molecular weight excluding hydrogens is 491 g/mol. The maximum absolute atomic E-state index is 12.8. The first-order chi connectivity index (χ1) is 17.8. The van der Waals surface area contributed by atoms with Crippen LogP contribution in [-0.4, -0.2) is 45.4 Å². The highest BCUT2D eigenvalue weighted by atomic mass is 31.2. The Balaban J connectivity index is 1.31. The molecular formula is C27H37N4O5P. The Labute approximate surface area is 219 Å². The minimum atomic E-state index is -1.29. The van der Waals surface area contributed by atoms with Gasteiger partial charge in [-0.2, -0.15) is 4.98 Å². The van der Waals surface area contributed by atoms with Gasteiger partial charge in [-0.3, -0.25) is 9.36 Å². The van der Waals surface area contributed by atoms with Crippen molar-refractivity contribution in [2.75, 3.05) is 12.4 Å². The molecule has 0 bridgehead atoms. The van der Waals surface area contributed by atoms with E-state index in [1.165, 1.54) is 16.6 Å². The van der Waals surface area contributed by atoms with E-state index >= 15 is 0 Å². The van der Waals surface area contributed by atoms with Gasteiger partial charge in [0, 0.05) is 18.5 Å². The van der Waals surface area contributed by atoms with E-state index in [0.29, 0.717) is 6.42 Å². The molecule has 10 heteroatoms. The molecule has 3 fully saturated rings. The molecule has 1 saturated carbocycles. The largest absolute Gasteiger partial charge is 0.352 e. The summed E-state index contributed by atoms with van der Waals surface area (Å²) in [7, 11) is 0.824. The predicted molar refractivity (Wildman–Crippen MR) is 142 cm³/mol. The van der Waals surface area contributed by atoms with Crippen molar-refractivity contribution in [3.8, 4) is 0 Å². The number of likely N-dealkylation sites (N-methyl/N-ethyl adjacent to an activating group) is 1. The van der Waals surface area contributed by atoms with E-state index in [0.717, 1.165) is 25.7 Å². The molecule has 1 N–H and O–H groups in total. The van der Waals surface area contributed by atoms with E-state index in [1.807, 2.05) is 6.07 Å². The van der Waals surface area contributed by atoms with Crippen LogP contribution in [0, 0.1) is 5.92 Å². The van der Waals surface area contributed by atoms with E-state index < -0.39 is 20.4 Å². The van der Waals surface area contributed by atoms with Crippen molar-refractivity contribution in [1.29, 1.82) is 0 Å². The normalized spacial score (nSPS) is 32.0. The fourth-order valence-electron chi connectivity index (χ4n) is 5.68. The Morgan fingerprint density at radius 3 is 2.76 bits per heavy atom. The maximum atomic E-state index is 12.8. The van der Waals surface area contributed by atoms with E-state index in [-0.39, 0.29) is 41.5 Å². The van der Waals surface area contributed by atoms with E-state index in [1.54, 1.807) is 26.1 Å². The van der Waals surface area contributed by atoms with Crippen LogP contribution in [0.1, 0.15) is 71.1 Å². The maximum Gasteiger partial charge on any atom is 0.351 e. The van der Waals surface area contributed by atoms with Gasteiger partial charge in [-0.25, -0.2) is 9.46 Å². The van der Waals surface area contributed by atoms with Gasteiger partial charge in [-0.05, 0) is 37.9 Å². The minimum Gasteiger partial charge on any atom is -0.352 e. The van der Waals surface area contributed by atoms with Crippen molar-refractivity contribution in [2.24, 2.45) is 5.92 Å². The molecule has 1 aromatic heterocycles. The highest BCUT2D eigenvalue weighted by Gasteiger charge is 2.56. The summed E-state index contributed by atoms with van der Waals surface area (Å²) in [5, 5.41) is 2.67. The number of aromatic nitrogens is 2. The number of hydrogen-bond acceptors (Lipinski definition) is 7. The lowest BCUT2D eigenvalue weighted by Crippen LogP contribution is -2.44. The minimum absolute atomic E-state index is 0.160. The zero-order chi connectivity index (χ0) is 26.2. The number of nitrogens with one attached hydrogen (secondary N) is 1. The van der Waals surface area contributed by atoms with Crippen molar-refractivity contribution < 1.29 is 18.6 Å². The summed E-state index contributed by atoms with van der Waals surface area (Å²) in [6.45, 7) is 5.64. The van der Waals surface area contributed by atoms with Gasteiger partial charge in [-0.1, -0.05) is 63.9 Å². The molecule has 2 saturated heterocycles. The van der Waals surface area contributed by atoms with Crippen molar-refractivity contribution in [2.45, 2.75) is 89.4 Å². The summed E-state index contributed by atoms with van der Waals surface area (Å²) in [6, 6.07) is 12.4.